The van der Waals surface area contributed by atoms with Gasteiger partial charge in [-0.05, 0) is 32.0 Å². The summed E-state index contributed by atoms with van der Waals surface area (Å²) in [6.45, 7) is 2.87. The van der Waals surface area contributed by atoms with Crippen LogP contribution in [-0.4, -0.2) is 34.6 Å². The highest BCUT2D eigenvalue weighted by Crippen LogP contribution is 2.25. The predicted octanol–water partition coefficient (Wildman–Crippen LogP) is 3.54. The molecule has 1 N–H and O–H groups in total. The van der Waals surface area contributed by atoms with Crippen LogP contribution in [0.2, 0.25) is 0 Å². The minimum absolute atomic E-state index is 0.0798. The molecule has 0 aliphatic heterocycles. The number of aromatic nitrogens is 1. The molecule has 0 amide bonds. The van der Waals surface area contributed by atoms with E-state index in [-0.39, 0.29) is 11.7 Å². The Bertz CT molecular complexity index is 415. The first-order valence-electron chi connectivity index (χ1n) is 8.07. The minimum Gasteiger partial charge on any atom is -0.386 e. The van der Waals surface area contributed by atoms with E-state index >= 15 is 0 Å². The van der Waals surface area contributed by atoms with Gasteiger partial charge in [0.05, 0.1) is 18.0 Å². The van der Waals surface area contributed by atoms with Crippen molar-refractivity contribution in [2.45, 2.75) is 57.6 Å². The first-order chi connectivity index (χ1) is 10.1. The van der Waals surface area contributed by atoms with Crippen LogP contribution in [-0.2, 0) is 0 Å². The fraction of sp³-hybridized carbons (Fsp3) is 0.706. The second-order valence-electron chi connectivity index (χ2n) is 6.41. The van der Waals surface area contributed by atoms with E-state index in [1.165, 1.54) is 50.8 Å². The van der Waals surface area contributed by atoms with E-state index in [9.17, 15) is 9.50 Å². The van der Waals surface area contributed by atoms with Crippen LogP contribution in [0, 0.1) is 11.7 Å². The highest BCUT2D eigenvalue weighted by molar-refractivity contribution is 5.08. The smallest absolute Gasteiger partial charge is 0.141 e. The third-order valence-corrected chi connectivity index (χ3v) is 4.62. The second kappa shape index (κ2) is 7.85. The number of hydrogen-bond donors (Lipinski definition) is 1. The lowest BCUT2D eigenvalue weighted by molar-refractivity contribution is 0.0775. The first kappa shape index (κ1) is 16.4. The van der Waals surface area contributed by atoms with Gasteiger partial charge in [0.1, 0.15) is 5.82 Å². The summed E-state index contributed by atoms with van der Waals surface area (Å²) in [6.07, 6.45) is 8.36. The normalized spacial score (nSPS) is 20.2. The van der Waals surface area contributed by atoms with Gasteiger partial charge < -0.3 is 10.0 Å². The van der Waals surface area contributed by atoms with Crippen LogP contribution in [0.5, 0.6) is 0 Å². The molecule has 2 unspecified atom stereocenters. The maximum Gasteiger partial charge on any atom is 0.141 e. The zero-order valence-electron chi connectivity index (χ0n) is 13.1. The van der Waals surface area contributed by atoms with Crippen molar-refractivity contribution < 1.29 is 9.50 Å². The van der Waals surface area contributed by atoms with Crippen molar-refractivity contribution in [2.24, 2.45) is 5.92 Å². The van der Waals surface area contributed by atoms with Gasteiger partial charge in [-0.25, -0.2) is 4.39 Å². The fourth-order valence-electron chi connectivity index (χ4n) is 3.26. The molecule has 4 heteroatoms. The molecule has 21 heavy (non-hydrogen) atoms. The Morgan fingerprint density at radius 3 is 2.52 bits per heavy atom. The van der Waals surface area contributed by atoms with Crippen molar-refractivity contribution >= 4 is 0 Å². The van der Waals surface area contributed by atoms with Gasteiger partial charge in [-0.2, -0.15) is 0 Å². The largest absolute Gasteiger partial charge is 0.386 e. The number of aliphatic hydroxyl groups is 1. The molecule has 1 aromatic rings. The van der Waals surface area contributed by atoms with Crippen LogP contribution in [0.25, 0.3) is 0 Å². The zero-order valence-corrected chi connectivity index (χ0v) is 13.1. The Labute approximate surface area is 127 Å². The van der Waals surface area contributed by atoms with Gasteiger partial charge in [-0.15, -0.1) is 0 Å². The Morgan fingerprint density at radius 1 is 1.29 bits per heavy atom. The molecule has 3 nitrogen and oxygen atoms in total. The van der Waals surface area contributed by atoms with Crippen LogP contribution >= 0.6 is 0 Å². The Kier molecular flexibility index (Phi) is 6.12. The lowest BCUT2D eigenvalue weighted by atomic mass is 9.99. The summed E-state index contributed by atoms with van der Waals surface area (Å²) < 4.78 is 12.9. The monoisotopic (exact) mass is 294 g/mol. The summed E-state index contributed by atoms with van der Waals surface area (Å²) in [5.41, 5.74) is 0.554. The summed E-state index contributed by atoms with van der Waals surface area (Å²) in [4.78, 5) is 6.37. The number of rotatable bonds is 5. The molecule has 1 aliphatic rings. The van der Waals surface area contributed by atoms with E-state index in [1.807, 2.05) is 6.92 Å². The SMILES string of the molecule is CC(CN(C)C1CCCCCC1)C(O)c1ccc(F)cn1. The topological polar surface area (TPSA) is 36.4 Å². The van der Waals surface area contributed by atoms with Crippen LogP contribution < -0.4 is 0 Å². The van der Waals surface area contributed by atoms with E-state index in [0.717, 1.165) is 6.54 Å². The van der Waals surface area contributed by atoms with Gasteiger partial charge in [-0.3, -0.25) is 4.98 Å². The minimum atomic E-state index is -0.640. The number of pyridine rings is 1. The maximum atomic E-state index is 12.9. The van der Waals surface area contributed by atoms with Crippen LogP contribution in [0.1, 0.15) is 57.2 Å². The average molecular weight is 294 g/mol. The molecule has 118 valence electrons. The summed E-state index contributed by atoms with van der Waals surface area (Å²) in [5, 5.41) is 10.4. The average Bonchev–Trinajstić information content (AvgIpc) is 2.76. The molecule has 2 atom stereocenters. The fourth-order valence-corrected chi connectivity index (χ4v) is 3.26. The number of hydrogen-bond acceptors (Lipinski definition) is 3. The lowest BCUT2D eigenvalue weighted by Crippen LogP contribution is -2.36. The van der Waals surface area contributed by atoms with E-state index in [0.29, 0.717) is 11.7 Å². The quantitative estimate of drug-likeness (QED) is 0.844. The summed E-state index contributed by atoms with van der Waals surface area (Å²) in [7, 11) is 2.15. The molecule has 1 saturated carbocycles. The molecule has 2 rings (SSSR count). The second-order valence-corrected chi connectivity index (χ2v) is 6.41. The van der Waals surface area contributed by atoms with Gasteiger partial charge in [0, 0.05) is 18.5 Å². The molecular formula is C17H27FN2O. The maximum absolute atomic E-state index is 12.9. The van der Waals surface area contributed by atoms with Crippen molar-refractivity contribution in [3.05, 3.63) is 29.8 Å². The van der Waals surface area contributed by atoms with Crippen LogP contribution in [0.4, 0.5) is 4.39 Å². The summed E-state index contributed by atoms with van der Waals surface area (Å²) in [5.74, 6) is -0.287. The number of halogens is 1. The molecule has 0 bridgehead atoms. The molecule has 0 saturated heterocycles. The number of aliphatic hydroxyl groups excluding tert-OH is 1. The van der Waals surface area contributed by atoms with Gasteiger partial charge in [0.15, 0.2) is 0 Å². The van der Waals surface area contributed by atoms with Crippen LogP contribution in [0.15, 0.2) is 18.3 Å². The molecule has 1 aliphatic carbocycles. The molecule has 0 radical (unpaired) electrons. The van der Waals surface area contributed by atoms with Gasteiger partial charge in [0.25, 0.3) is 0 Å². The lowest BCUT2D eigenvalue weighted by Gasteiger charge is -2.31. The standard InChI is InChI=1S/C17H27FN2O/c1-13(17(21)16-10-9-14(18)11-19-16)12-20(2)15-7-5-3-4-6-8-15/h9-11,13,15,17,21H,3-8,12H2,1-2H3. The van der Waals surface area contributed by atoms with Crippen molar-refractivity contribution in [1.82, 2.24) is 9.88 Å². The highest BCUT2D eigenvalue weighted by atomic mass is 19.1. The Balaban J connectivity index is 1.89. The van der Waals surface area contributed by atoms with E-state index in [1.54, 1.807) is 6.07 Å². The molecule has 0 spiro atoms. The van der Waals surface area contributed by atoms with Crippen molar-refractivity contribution in [1.29, 1.82) is 0 Å². The molecule has 1 fully saturated rings. The third-order valence-electron chi connectivity index (χ3n) is 4.62. The first-order valence-corrected chi connectivity index (χ1v) is 8.07. The Hall–Kier alpha value is -1.00. The van der Waals surface area contributed by atoms with Gasteiger partial charge >= 0.3 is 0 Å². The van der Waals surface area contributed by atoms with Gasteiger partial charge in [0.2, 0.25) is 0 Å². The van der Waals surface area contributed by atoms with Gasteiger partial charge in [-0.1, -0.05) is 32.6 Å². The van der Waals surface area contributed by atoms with Crippen LogP contribution in [0.3, 0.4) is 0 Å². The van der Waals surface area contributed by atoms with E-state index < -0.39 is 6.10 Å². The third kappa shape index (κ3) is 4.75. The summed E-state index contributed by atoms with van der Waals surface area (Å²) >= 11 is 0. The molecular weight excluding hydrogens is 267 g/mol. The van der Waals surface area contributed by atoms with Crippen molar-refractivity contribution in [3.63, 3.8) is 0 Å². The van der Waals surface area contributed by atoms with E-state index in [2.05, 4.69) is 16.9 Å². The van der Waals surface area contributed by atoms with Crippen molar-refractivity contribution in [3.8, 4) is 0 Å². The van der Waals surface area contributed by atoms with E-state index in [4.69, 9.17) is 0 Å². The molecule has 0 aromatic carbocycles. The number of nitrogens with zero attached hydrogens (tertiary/aromatic N) is 2. The van der Waals surface area contributed by atoms with Crippen molar-refractivity contribution in [2.75, 3.05) is 13.6 Å². The molecule has 1 heterocycles. The summed E-state index contributed by atoms with van der Waals surface area (Å²) in [6, 6.07) is 3.55. The predicted molar refractivity (Wildman–Crippen MR) is 82.4 cm³/mol. The highest BCUT2D eigenvalue weighted by Gasteiger charge is 2.23. The Morgan fingerprint density at radius 2 is 1.95 bits per heavy atom. The molecule has 1 aromatic heterocycles. The zero-order chi connectivity index (χ0) is 15.2.